The molecule has 5 nitrogen and oxygen atoms in total. The lowest BCUT2D eigenvalue weighted by atomic mass is 10.2. The Balaban J connectivity index is 1.38. The average Bonchev–Trinajstić information content (AvgIpc) is 3.09. The Morgan fingerprint density at radius 1 is 1.15 bits per heavy atom. The molecule has 1 N–H and O–H groups in total. The van der Waals surface area contributed by atoms with Crippen LogP contribution in [-0.4, -0.2) is 29.1 Å². The number of aromatic nitrogens is 1. The van der Waals surface area contributed by atoms with Gasteiger partial charge in [-0.25, -0.2) is 4.98 Å². The number of carbonyl (C=O) groups excluding carboxylic acids is 2. The minimum Gasteiger partial charge on any atom is -0.310 e. The monoisotopic (exact) mass is 397 g/mol. The van der Waals surface area contributed by atoms with Crippen molar-refractivity contribution in [3.8, 4) is 0 Å². The molecule has 2 amide bonds. The highest BCUT2D eigenvalue weighted by molar-refractivity contribution is 7.99. The summed E-state index contributed by atoms with van der Waals surface area (Å²) in [5, 5.41) is 3.41. The van der Waals surface area contributed by atoms with Crippen molar-refractivity contribution in [1.82, 2.24) is 4.98 Å². The zero-order valence-corrected chi connectivity index (χ0v) is 16.5. The maximum atomic E-state index is 12.6. The van der Waals surface area contributed by atoms with Crippen LogP contribution in [0.4, 0.5) is 10.8 Å². The van der Waals surface area contributed by atoms with Gasteiger partial charge in [0.25, 0.3) is 0 Å². The van der Waals surface area contributed by atoms with Gasteiger partial charge in [-0.2, -0.15) is 0 Å². The number of nitrogens with zero attached hydrogens (tertiary/aromatic N) is 2. The Hall–Kier alpha value is -2.38. The van der Waals surface area contributed by atoms with Gasteiger partial charge in [0.2, 0.25) is 11.8 Å². The fourth-order valence-corrected chi connectivity index (χ4v) is 5.06. The molecule has 0 saturated carbocycles. The van der Waals surface area contributed by atoms with Gasteiger partial charge in [-0.1, -0.05) is 35.6 Å². The van der Waals surface area contributed by atoms with E-state index in [1.54, 1.807) is 16.7 Å². The number of carbonyl (C=O) groups is 2. The highest BCUT2D eigenvalue weighted by atomic mass is 32.2. The van der Waals surface area contributed by atoms with Crippen LogP contribution in [0, 0.1) is 6.92 Å². The molecule has 0 radical (unpaired) electrons. The van der Waals surface area contributed by atoms with E-state index in [1.807, 2.05) is 49.4 Å². The SMILES string of the molecule is Cc1cccc2sc(NC(=O)CCC(=O)N3CCSc4ccccc43)nc12. The number of nitrogens with one attached hydrogen (secondary N) is 1. The first-order chi connectivity index (χ1) is 13.1. The van der Waals surface area contributed by atoms with Crippen molar-refractivity contribution in [3.63, 3.8) is 0 Å². The molecule has 1 aromatic heterocycles. The molecule has 3 aromatic rings. The van der Waals surface area contributed by atoms with Crippen LogP contribution in [0.3, 0.4) is 0 Å². The van der Waals surface area contributed by atoms with Crippen LogP contribution in [0.25, 0.3) is 10.2 Å². The molecule has 138 valence electrons. The van der Waals surface area contributed by atoms with Crippen molar-refractivity contribution in [2.45, 2.75) is 24.7 Å². The average molecular weight is 398 g/mol. The summed E-state index contributed by atoms with van der Waals surface area (Å²) in [5.74, 6) is 0.678. The fraction of sp³-hybridized carbons (Fsp3) is 0.250. The maximum absolute atomic E-state index is 12.6. The number of hydrogen-bond acceptors (Lipinski definition) is 5. The lowest BCUT2D eigenvalue weighted by Crippen LogP contribution is -2.35. The van der Waals surface area contributed by atoms with Gasteiger partial charge in [0.05, 0.1) is 15.9 Å². The predicted octanol–water partition coefficient (Wildman–Crippen LogP) is 4.46. The Morgan fingerprint density at radius 3 is 2.85 bits per heavy atom. The summed E-state index contributed by atoms with van der Waals surface area (Å²) in [7, 11) is 0. The molecule has 0 bridgehead atoms. The molecular weight excluding hydrogens is 378 g/mol. The number of anilines is 2. The third kappa shape index (κ3) is 3.84. The molecule has 4 rings (SSSR count). The first-order valence-corrected chi connectivity index (χ1v) is 10.6. The second kappa shape index (κ2) is 7.70. The van der Waals surface area contributed by atoms with E-state index in [2.05, 4.69) is 10.3 Å². The quantitative estimate of drug-likeness (QED) is 0.706. The molecule has 0 aliphatic carbocycles. The van der Waals surface area contributed by atoms with E-state index in [-0.39, 0.29) is 24.7 Å². The summed E-state index contributed by atoms with van der Waals surface area (Å²) in [5.41, 5.74) is 2.94. The summed E-state index contributed by atoms with van der Waals surface area (Å²) in [6, 6.07) is 13.9. The van der Waals surface area contributed by atoms with Crippen LogP contribution >= 0.6 is 23.1 Å². The van der Waals surface area contributed by atoms with Crippen LogP contribution in [-0.2, 0) is 9.59 Å². The Labute approximate surface area is 165 Å². The van der Waals surface area contributed by atoms with Gasteiger partial charge in [0.15, 0.2) is 5.13 Å². The molecule has 0 saturated heterocycles. The van der Waals surface area contributed by atoms with Gasteiger partial charge in [0.1, 0.15) is 0 Å². The smallest absolute Gasteiger partial charge is 0.227 e. The number of hydrogen-bond donors (Lipinski definition) is 1. The van der Waals surface area contributed by atoms with Gasteiger partial charge < -0.3 is 10.2 Å². The number of para-hydroxylation sites is 2. The van der Waals surface area contributed by atoms with E-state index in [0.29, 0.717) is 11.7 Å². The van der Waals surface area contributed by atoms with Crippen molar-refractivity contribution in [3.05, 3.63) is 48.0 Å². The molecule has 0 atom stereocenters. The molecule has 0 fully saturated rings. The zero-order valence-electron chi connectivity index (χ0n) is 14.9. The highest BCUT2D eigenvalue weighted by Gasteiger charge is 2.23. The normalized spacial score (nSPS) is 13.4. The second-order valence-corrected chi connectivity index (χ2v) is 8.52. The van der Waals surface area contributed by atoms with E-state index >= 15 is 0 Å². The number of thioether (sulfide) groups is 1. The van der Waals surface area contributed by atoms with Gasteiger partial charge in [-0.15, -0.1) is 11.8 Å². The first-order valence-electron chi connectivity index (χ1n) is 8.80. The standard InChI is InChI=1S/C20H19N3O2S2/c1-13-5-4-8-16-19(13)22-20(27-16)21-17(24)9-10-18(25)23-11-12-26-15-7-3-2-6-14(15)23/h2-8H,9-12H2,1H3,(H,21,22,24). The summed E-state index contributed by atoms with van der Waals surface area (Å²) in [6.07, 6.45) is 0.342. The Bertz CT molecular complexity index is 1020. The first kappa shape index (κ1) is 18.0. The third-order valence-electron chi connectivity index (χ3n) is 4.46. The fourth-order valence-electron chi connectivity index (χ4n) is 3.11. The summed E-state index contributed by atoms with van der Waals surface area (Å²) < 4.78 is 1.05. The number of thiazole rings is 1. The van der Waals surface area contributed by atoms with Crippen LogP contribution in [0.5, 0.6) is 0 Å². The van der Waals surface area contributed by atoms with E-state index in [9.17, 15) is 9.59 Å². The van der Waals surface area contributed by atoms with Gasteiger partial charge in [0, 0.05) is 30.0 Å². The van der Waals surface area contributed by atoms with Crippen molar-refractivity contribution >= 4 is 55.9 Å². The topological polar surface area (TPSA) is 62.3 Å². The summed E-state index contributed by atoms with van der Waals surface area (Å²) in [4.78, 5) is 32.3. The Kier molecular flexibility index (Phi) is 5.13. The minimum absolute atomic E-state index is 0.0157. The van der Waals surface area contributed by atoms with Crippen molar-refractivity contribution in [1.29, 1.82) is 0 Å². The van der Waals surface area contributed by atoms with E-state index in [4.69, 9.17) is 0 Å². The van der Waals surface area contributed by atoms with Crippen molar-refractivity contribution in [2.75, 3.05) is 22.5 Å². The van der Waals surface area contributed by atoms with Gasteiger partial charge in [-0.05, 0) is 30.7 Å². The molecular formula is C20H19N3O2S2. The van der Waals surface area contributed by atoms with Gasteiger partial charge in [-0.3, -0.25) is 9.59 Å². The van der Waals surface area contributed by atoms with Crippen molar-refractivity contribution < 1.29 is 9.59 Å². The molecule has 0 spiro atoms. The van der Waals surface area contributed by atoms with Crippen LogP contribution in [0.2, 0.25) is 0 Å². The van der Waals surface area contributed by atoms with Crippen molar-refractivity contribution in [2.24, 2.45) is 0 Å². The Morgan fingerprint density at radius 2 is 2.00 bits per heavy atom. The molecule has 2 aromatic carbocycles. The number of fused-ring (bicyclic) bond motifs is 2. The highest BCUT2D eigenvalue weighted by Crippen LogP contribution is 2.34. The summed E-state index contributed by atoms with van der Waals surface area (Å²) in [6.45, 7) is 2.68. The number of amides is 2. The molecule has 27 heavy (non-hydrogen) atoms. The lowest BCUT2D eigenvalue weighted by molar-refractivity contribution is -0.122. The lowest BCUT2D eigenvalue weighted by Gasteiger charge is -2.28. The number of rotatable bonds is 4. The predicted molar refractivity (Wildman–Crippen MR) is 112 cm³/mol. The molecule has 1 aliphatic rings. The minimum atomic E-state index is -0.181. The van der Waals surface area contributed by atoms with Crippen LogP contribution in [0.15, 0.2) is 47.4 Å². The van der Waals surface area contributed by atoms with E-state index in [0.717, 1.165) is 32.1 Å². The van der Waals surface area contributed by atoms with E-state index in [1.165, 1.54) is 11.3 Å². The number of benzene rings is 2. The van der Waals surface area contributed by atoms with Gasteiger partial charge >= 0.3 is 0 Å². The number of aryl methyl sites for hydroxylation is 1. The second-order valence-electron chi connectivity index (χ2n) is 6.35. The summed E-state index contributed by atoms with van der Waals surface area (Å²) >= 11 is 3.21. The largest absolute Gasteiger partial charge is 0.310 e. The molecule has 7 heteroatoms. The molecule has 0 unspecified atom stereocenters. The zero-order chi connectivity index (χ0) is 18.8. The van der Waals surface area contributed by atoms with E-state index < -0.39 is 0 Å². The van der Waals surface area contributed by atoms with Crippen LogP contribution in [0.1, 0.15) is 18.4 Å². The third-order valence-corrected chi connectivity index (χ3v) is 6.44. The molecule has 1 aliphatic heterocycles. The van der Waals surface area contributed by atoms with Crippen LogP contribution < -0.4 is 10.2 Å². The molecule has 2 heterocycles. The maximum Gasteiger partial charge on any atom is 0.227 e.